The molecule has 11 heteroatoms. The largest absolute Gasteiger partial charge is 0.486 e. The Hall–Kier alpha value is -4.30. The van der Waals surface area contributed by atoms with Crippen LogP contribution in [0.2, 0.25) is 0 Å². The summed E-state index contributed by atoms with van der Waals surface area (Å²) in [4.78, 5) is 33.3. The number of hydrogen-bond acceptors (Lipinski definition) is 9. The number of anilines is 1. The number of nitrogens with zero attached hydrogens (tertiary/aromatic N) is 7. The van der Waals surface area contributed by atoms with E-state index >= 15 is 0 Å². The summed E-state index contributed by atoms with van der Waals surface area (Å²) in [5, 5.41) is 10.3. The number of aromatic nitrogens is 3. The molecule has 2 unspecified atom stereocenters. The summed E-state index contributed by atoms with van der Waals surface area (Å²) in [7, 11) is 2.11. The molecular weight excluding hydrogens is 585 g/mol. The zero-order valence-electron chi connectivity index (χ0n) is 26.1. The van der Waals surface area contributed by atoms with Gasteiger partial charge in [0, 0.05) is 37.4 Å². The number of rotatable bonds is 9. The molecule has 10 nitrogen and oxygen atoms in total. The van der Waals surface area contributed by atoms with Crippen molar-refractivity contribution in [1.29, 1.82) is 5.26 Å². The molecule has 0 N–H and O–H groups in total. The first-order valence-electron chi connectivity index (χ1n) is 16.5. The number of nitriles is 1. The Morgan fingerprint density at radius 2 is 2.04 bits per heavy atom. The Morgan fingerprint density at radius 1 is 1.17 bits per heavy atom. The zero-order chi connectivity index (χ0) is 31.5. The molecule has 5 aliphatic rings. The van der Waals surface area contributed by atoms with Crippen molar-refractivity contribution in [2.75, 3.05) is 44.7 Å². The number of likely N-dealkylation sites (N-methyl/N-ethyl adjacent to an activating group) is 1. The molecule has 2 aliphatic heterocycles. The van der Waals surface area contributed by atoms with Gasteiger partial charge in [-0.25, -0.2) is 4.39 Å². The van der Waals surface area contributed by atoms with Crippen LogP contribution in [-0.2, 0) is 11.2 Å². The normalized spacial score (nSPS) is 25.2. The minimum absolute atomic E-state index is 0.0510. The molecule has 1 amide bonds. The lowest BCUT2D eigenvalue weighted by Gasteiger charge is -2.41. The molecule has 2 saturated heterocycles. The number of likely N-dealkylation sites (tertiary alicyclic amines) is 1. The number of ether oxygens (including phenoxy) is 2. The molecule has 4 fully saturated rings. The summed E-state index contributed by atoms with van der Waals surface area (Å²) in [6, 6.07) is 8.69. The SMILES string of the molecule is C=C(F)C(=O)N1CCN(c2nc(OC[C@@H]3CCCN3C)nc3c(OC4CC4)c(-c4cccc5c4CC4CC54)ncc23)C[C@@H]1CC#N. The Balaban J connectivity index is 1.23. The summed E-state index contributed by atoms with van der Waals surface area (Å²) in [6.07, 6.45) is 8.45. The van der Waals surface area contributed by atoms with Gasteiger partial charge < -0.3 is 24.2 Å². The summed E-state index contributed by atoms with van der Waals surface area (Å²) in [5.41, 5.74) is 5.33. The quantitative estimate of drug-likeness (QED) is 0.311. The minimum atomic E-state index is -1.03. The minimum Gasteiger partial charge on any atom is -0.486 e. The summed E-state index contributed by atoms with van der Waals surface area (Å²) in [5.74, 6) is 0.835. The molecule has 8 rings (SSSR count). The van der Waals surface area contributed by atoms with Crippen LogP contribution in [-0.4, -0.2) is 88.7 Å². The van der Waals surface area contributed by atoms with Gasteiger partial charge in [-0.2, -0.15) is 15.2 Å². The number of carbonyl (C=O) groups excluding carboxylic acids is 1. The third-order valence-corrected chi connectivity index (χ3v) is 10.4. The molecule has 4 atom stereocenters. The third kappa shape index (κ3) is 5.22. The van der Waals surface area contributed by atoms with E-state index in [-0.39, 0.29) is 31.1 Å². The van der Waals surface area contributed by atoms with E-state index in [1.165, 1.54) is 22.4 Å². The number of carbonyl (C=O) groups is 1. The summed E-state index contributed by atoms with van der Waals surface area (Å²) < 4.78 is 26.9. The first-order valence-corrected chi connectivity index (χ1v) is 16.5. The highest BCUT2D eigenvalue weighted by molar-refractivity contribution is 5.97. The van der Waals surface area contributed by atoms with Crippen molar-refractivity contribution >= 4 is 22.6 Å². The average Bonchev–Trinajstić information content (AvgIpc) is 3.97. The Labute approximate surface area is 267 Å². The van der Waals surface area contributed by atoms with Gasteiger partial charge in [-0.05, 0) is 75.1 Å². The standard InChI is InChI=1S/C35H38FN7O3/c1-20(36)34(44)43-14-13-42(18-22(43)10-11-37)33-29-17-38-30(26-7-3-6-25-27-15-21(27)16-28(25)26)32(46-24-8-9-24)31(29)39-35(40-33)45-19-23-5-4-12-41(23)2/h3,6-7,17,21-24,27H,1,4-5,8-10,12-16,18-19H2,2H3/t21?,22-,23-,27?/m0/s1. The van der Waals surface area contributed by atoms with E-state index < -0.39 is 17.8 Å². The molecule has 2 saturated carbocycles. The Kier molecular flexibility index (Phi) is 7.28. The van der Waals surface area contributed by atoms with Gasteiger partial charge in [-0.15, -0.1) is 0 Å². The van der Waals surface area contributed by atoms with Crippen molar-refractivity contribution in [3.05, 3.63) is 47.9 Å². The van der Waals surface area contributed by atoms with Gasteiger partial charge in [0.15, 0.2) is 11.6 Å². The number of fused-ring (bicyclic) bond motifs is 4. The van der Waals surface area contributed by atoms with E-state index in [4.69, 9.17) is 24.4 Å². The number of pyridine rings is 1. The topological polar surface area (TPSA) is 108 Å². The van der Waals surface area contributed by atoms with Gasteiger partial charge in [-0.3, -0.25) is 9.78 Å². The zero-order valence-corrected chi connectivity index (χ0v) is 26.1. The molecular formula is C35H38FN7O3. The van der Waals surface area contributed by atoms with E-state index in [2.05, 4.69) is 42.8 Å². The van der Waals surface area contributed by atoms with E-state index in [9.17, 15) is 14.4 Å². The maximum Gasteiger partial charge on any atom is 0.319 e. The molecule has 238 valence electrons. The maximum absolute atomic E-state index is 13.9. The van der Waals surface area contributed by atoms with Gasteiger partial charge in [0.2, 0.25) is 0 Å². The second-order valence-corrected chi connectivity index (χ2v) is 13.5. The van der Waals surface area contributed by atoms with Crippen molar-refractivity contribution in [2.45, 2.75) is 69.1 Å². The molecule has 0 spiro atoms. The highest BCUT2D eigenvalue weighted by Crippen LogP contribution is 2.58. The first-order chi connectivity index (χ1) is 22.4. The first kappa shape index (κ1) is 29.1. The van der Waals surface area contributed by atoms with Crippen LogP contribution in [0.25, 0.3) is 22.2 Å². The maximum atomic E-state index is 13.9. The predicted octanol–water partition coefficient (Wildman–Crippen LogP) is 4.78. The molecule has 0 radical (unpaired) electrons. The number of amides is 1. The molecule has 4 heterocycles. The van der Waals surface area contributed by atoms with Crippen LogP contribution in [0.5, 0.6) is 11.8 Å². The second kappa shape index (κ2) is 11.5. The monoisotopic (exact) mass is 623 g/mol. The van der Waals surface area contributed by atoms with E-state index in [0.717, 1.165) is 55.8 Å². The number of halogens is 1. The summed E-state index contributed by atoms with van der Waals surface area (Å²) in [6.45, 7) is 5.58. The van der Waals surface area contributed by atoms with Crippen LogP contribution in [0.15, 0.2) is 36.8 Å². The summed E-state index contributed by atoms with van der Waals surface area (Å²) >= 11 is 0. The third-order valence-electron chi connectivity index (χ3n) is 10.4. The number of piperazine rings is 1. The molecule has 2 aromatic heterocycles. The van der Waals surface area contributed by atoms with Crippen molar-refractivity contribution < 1.29 is 18.7 Å². The van der Waals surface area contributed by atoms with E-state index in [0.29, 0.717) is 48.1 Å². The van der Waals surface area contributed by atoms with Crippen LogP contribution in [0, 0.1) is 17.2 Å². The van der Waals surface area contributed by atoms with Crippen LogP contribution in [0.3, 0.4) is 0 Å². The smallest absolute Gasteiger partial charge is 0.319 e. The molecule has 46 heavy (non-hydrogen) atoms. The molecule has 3 aliphatic carbocycles. The average molecular weight is 624 g/mol. The van der Waals surface area contributed by atoms with Gasteiger partial charge in [0.05, 0.1) is 30.0 Å². The van der Waals surface area contributed by atoms with Crippen molar-refractivity contribution in [3.8, 4) is 29.1 Å². The fraction of sp³-hybridized carbons (Fsp3) is 0.514. The fourth-order valence-electron chi connectivity index (χ4n) is 7.62. The molecule has 3 aromatic rings. The van der Waals surface area contributed by atoms with Gasteiger partial charge in [-0.1, -0.05) is 24.8 Å². The lowest BCUT2D eigenvalue weighted by molar-refractivity contribution is -0.131. The fourth-order valence-corrected chi connectivity index (χ4v) is 7.62. The van der Waals surface area contributed by atoms with Gasteiger partial charge >= 0.3 is 6.01 Å². The number of benzene rings is 1. The Bertz CT molecular complexity index is 1770. The Morgan fingerprint density at radius 3 is 2.80 bits per heavy atom. The van der Waals surface area contributed by atoms with Gasteiger partial charge in [0.1, 0.15) is 23.6 Å². The van der Waals surface area contributed by atoms with E-state index in [1.807, 2.05) is 11.1 Å². The lowest BCUT2D eigenvalue weighted by atomic mass is 9.96. The highest BCUT2D eigenvalue weighted by Gasteiger charge is 2.46. The molecule has 0 bridgehead atoms. The number of hydrogen-bond donors (Lipinski definition) is 0. The van der Waals surface area contributed by atoms with Crippen molar-refractivity contribution in [1.82, 2.24) is 24.8 Å². The van der Waals surface area contributed by atoms with Crippen LogP contribution >= 0.6 is 0 Å². The predicted molar refractivity (Wildman–Crippen MR) is 170 cm³/mol. The lowest BCUT2D eigenvalue weighted by Crippen LogP contribution is -2.55. The second-order valence-electron chi connectivity index (χ2n) is 13.5. The van der Waals surface area contributed by atoms with Crippen LogP contribution in [0.1, 0.15) is 55.6 Å². The van der Waals surface area contributed by atoms with Crippen molar-refractivity contribution in [2.24, 2.45) is 5.92 Å². The highest BCUT2D eigenvalue weighted by atomic mass is 19.1. The van der Waals surface area contributed by atoms with Crippen LogP contribution in [0.4, 0.5) is 10.2 Å². The van der Waals surface area contributed by atoms with Crippen molar-refractivity contribution in [3.63, 3.8) is 0 Å². The van der Waals surface area contributed by atoms with E-state index in [1.54, 1.807) is 0 Å². The van der Waals surface area contributed by atoms with Gasteiger partial charge in [0.25, 0.3) is 5.91 Å². The molecule has 1 aromatic carbocycles. The van der Waals surface area contributed by atoms with Crippen LogP contribution < -0.4 is 14.4 Å².